The van der Waals surface area contributed by atoms with Crippen molar-refractivity contribution in [3.8, 4) is 17.0 Å². The second kappa shape index (κ2) is 12.9. The highest BCUT2D eigenvalue weighted by Gasteiger charge is 2.30. The lowest BCUT2D eigenvalue weighted by molar-refractivity contribution is -0.142. The van der Waals surface area contributed by atoms with E-state index in [1.165, 1.54) is 24.5 Å². The molecule has 3 heterocycles. The summed E-state index contributed by atoms with van der Waals surface area (Å²) in [5.74, 6) is -0.818. The van der Waals surface area contributed by atoms with Gasteiger partial charge in [0.05, 0.1) is 11.6 Å². The third-order valence-electron chi connectivity index (χ3n) is 9.40. The van der Waals surface area contributed by atoms with Crippen molar-refractivity contribution in [1.29, 1.82) is 0 Å². The number of anilines is 1. The van der Waals surface area contributed by atoms with Crippen molar-refractivity contribution in [3.63, 3.8) is 0 Å². The normalized spacial score (nSPS) is 18.0. The molecular formula is C35H39F2N3O4. The number of carbonyl (C=O) groups excluding carboxylic acids is 1. The number of aryl methyl sites for hydroxylation is 1. The minimum absolute atomic E-state index is 0.0626. The first kappa shape index (κ1) is 30.0. The number of aromatic nitrogens is 1. The SMILES string of the molecule is Cc1cc(C2CCN(C(=O)CC3CC3)CC2)ccc1COc1c(F)cc(F)cc1-c1cccc(N2CCC(C(=O)O)CC2)n1. The van der Waals surface area contributed by atoms with Gasteiger partial charge >= 0.3 is 5.97 Å². The number of hydrogen-bond donors (Lipinski definition) is 1. The molecule has 3 aromatic rings. The molecule has 2 aromatic carbocycles. The zero-order chi connectivity index (χ0) is 30.8. The monoisotopic (exact) mass is 603 g/mol. The molecule has 0 unspecified atom stereocenters. The third kappa shape index (κ3) is 6.87. The van der Waals surface area contributed by atoms with E-state index in [1.807, 2.05) is 28.9 Å². The van der Waals surface area contributed by atoms with Gasteiger partial charge in [0.1, 0.15) is 18.2 Å². The zero-order valence-electron chi connectivity index (χ0n) is 25.1. The van der Waals surface area contributed by atoms with Gasteiger partial charge in [0.15, 0.2) is 11.6 Å². The Hall–Kier alpha value is -4.01. The number of rotatable bonds is 9. The van der Waals surface area contributed by atoms with Gasteiger partial charge in [-0.25, -0.2) is 13.8 Å². The van der Waals surface area contributed by atoms with Crippen LogP contribution in [-0.4, -0.2) is 53.0 Å². The number of carboxylic acids is 1. The molecule has 6 rings (SSSR count). The predicted molar refractivity (Wildman–Crippen MR) is 164 cm³/mol. The van der Waals surface area contributed by atoms with Gasteiger partial charge < -0.3 is 19.6 Å². The number of carbonyl (C=O) groups is 2. The number of benzene rings is 2. The highest BCUT2D eigenvalue weighted by Crippen LogP contribution is 2.36. The van der Waals surface area contributed by atoms with E-state index in [9.17, 15) is 19.1 Å². The quantitative estimate of drug-likeness (QED) is 0.292. The lowest BCUT2D eigenvalue weighted by Crippen LogP contribution is -2.38. The fourth-order valence-corrected chi connectivity index (χ4v) is 6.45. The van der Waals surface area contributed by atoms with E-state index in [-0.39, 0.29) is 23.8 Å². The lowest BCUT2D eigenvalue weighted by Gasteiger charge is -2.32. The number of carboxylic acid groups (broad SMARTS) is 1. The maximum Gasteiger partial charge on any atom is 0.306 e. The van der Waals surface area contributed by atoms with Crippen molar-refractivity contribution < 1.29 is 28.2 Å². The summed E-state index contributed by atoms with van der Waals surface area (Å²) in [5, 5.41) is 9.31. The molecule has 2 aliphatic heterocycles. The smallest absolute Gasteiger partial charge is 0.306 e. The highest BCUT2D eigenvalue weighted by molar-refractivity contribution is 5.77. The van der Waals surface area contributed by atoms with Crippen molar-refractivity contribution in [2.75, 3.05) is 31.1 Å². The van der Waals surface area contributed by atoms with Crippen LogP contribution in [0.15, 0.2) is 48.5 Å². The average Bonchev–Trinajstić information content (AvgIpc) is 3.85. The van der Waals surface area contributed by atoms with Crippen LogP contribution < -0.4 is 9.64 Å². The number of piperidine rings is 2. The minimum atomic E-state index is -0.799. The summed E-state index contributed by atoms with van der Waals surface area (Å²) in [4.78, 5) is 32.5. The van der Waals surface area contributed by atoms with E-state index in [0.29, 0.717) is 61.6 Å². The van der Waals surface area contributed by atoms with Crippen LogP contribution in [0.5, 0.6) is 5.75 Å². The first-order valence-electron chi connectivity index (χ1n) is 15.7. The van der Waals surface area contributed by atoms with Gasteiger partial charge in [0.25, 0.3) is 0 Å². The Labute approximate surface area is 256 Å². The summed E-state index contributed by atoms with van der Waals surface area (Å²) in [7, 11) is 0. The van der Waals surface area contributed by atoms with Crippen molar-refractivity contribution in [2.24, 2.45) is 11.8 Å². The number of hydrogen-bond acceptors (Lipinski definition) is 5. The number of halogens is 2. The van der Waals surface area contributed by atoms with Crippen molar-refractivity contribution in [2.45, 2.75) is 64.4 Å². The molecule has 2 saturated heterocycles. The molecule has 0 atom stereocenters. The second-order valence-corrected chi connectivity index (χ2v) is 12.5. The molecule has 232 valence electrons. The van der Waals surface area contributed by atoms with Crippen LogP contribution in [0.25, 0.3) is 11.3 Å². The van der Waals surface area contributed by atoms with E-state index >= 15 is 4.39 Å². The van der Waals surface area contributed by atoms with Gasteiger partial charge in [0, 0.05) is 44.2 Å². The van der Waals surface area contributed by atoms with Gasteiger partial charge in [0.2, 0.25) is 5.91 Å². The Kier molecular flexibility index (Phi) is 8.82. The summed E-state index contributed by atoms with van der Waals surface area (Å²) in [6, 6.07) is 13.6. The number of nitrogens with zero attached hydrogens (tertiary/aromatic N) is 3. The molecule has 0 spiro atoms. The molecule has 1 aliphatic carbocycles. The van der Waals surface area contributed by atoms with E-state index in [0.717, 1.165) is 43.1 Å². The standard InChI is InChI=1S/C35H39F2N3O4/c1-22-17-26(24-9-15-40(16-10-24)33(41)18-23-5-6-23)7-8-27(22)21-44-34-29(19-28(36)20-30(34)37)31-3-2-4-32(38-31)39-13-11-25(12-14-39)35(42)43/h2-4,7-8,17,19-20,23-25H,5-6,9-16,18,21H2,1H3,(H,42,43). The lowest BCUT2D eigenvalue weighted by atomic mass is 9.87. The van der Waals surface area contributed by atoms with Gasteiger partial charge in [-0.15, -0.1) is 0 Å². The topological polar surface area (TPSA) is 83.0 Å². The summed E-state index contributed by atoms with van der Waals surface area (Å²) in [6.07, 6.45) is 5.99. The van der Waals surface area contributed by atoms with Crippen molar-refractivity contribution in [1.82, 2.24) is 9.88 Å². The van der Waals surface area contributed by atoms with Gasteiger partial charge in [-0.05, 0) is 92.2 Å². The number of aliphatic carboxylic acids is 1. The molecule has 3 aliphatic rings. The Bertz CT molecular complexity index is 1530. The molecule has 0 radical (unpaired) electrons. The van der Waals surface area contributed by atoms with Crippen molar-refractivity contribution >= 4 is 17.7 Å². The fourth-order valence-electron chi connectivity index (χ4n) is 6.45. The molecule has 0 bridgehead atoms. The van der Waals surface area contributed by atoms with Gasteiger partial charge in [-0.3, -0.25) is 9.59 Å². The molecule has 44 heavy (non-hydrogen) atoms. The molecule has 3 fully saturated rings. The number of likely N-dealkylation sites (tertiary alicyclic amines) is 1. The zero-order valence-corrected chi connectivity index (χ0v) is 25.1. The predicted octanol–water partition coefficient (Wildman–Crippen LogP) is 6.72. The second-order valence-electron chi connectivity index (χ2n) is 12.5. The largest absolute Gasteiger partial charge is 0.485 e. The van der Waals surface area contributed by atoms with Crippen molar-refractivity contribution in [3.05, 3.63) is 76.9 Å². The van der Waals surface area contributed by atoms with Gasteiger partial charge in [-0.2, -0.15) is 0 Å². The summed E-state index contributed by atoms with van der Waals surface area (Å²) < 4.78 is 35.6. The first-order chi connectivity index (χ1) is 21.2. The fraction of sp³-hybridized carbons (Fsp3) is 0.457. The molecule has 1 aromatic heterocycles. The minimum Gasteiger partial charge on any atom is -0.485 e. The molecule has 1 N–H and O–H groups in total. The number of amides is 1. The van der Waals surface area contributed by atoms with Crippen LogP contribution in [-0.2, 0) is 16.2 Å². The Morgan fingerprint density at radius 3 is 2.39 bits per heavy atom. The van der Waals surface area contributed by atoms with Crippen LogP contribution in [0.1, 0.15) is 67.6 Å². The molecule has 1 amide bonds. The first-order valence-corrected chi connectivity index (χ1v) is 15.7. The van der Waals surface area contributed by atoms with Gasteiger partial charge in [-0.1, -0.05) is 24.3 Å². The maximum atomic E-state index is 15.2. The van der Waals surface area contributed by atoms with E-state index in [4.69, 9.17) is 4.74 Å². The Balaban J connectivity index is 1.13. The maximum absolute atomic E-state index is 15.2. The third-order valence-corrected chi connectivity index (χ3v) is 9.40. The summed E-state index contributed by atoms with van der Waals surface area (Å²) >= 11 is 0. The van der Waals surface area contributed by atoms with Crippen LogP contribution >= 0.6 is 0 Å². The highest BCUT2D eigenvalue weighted by atomic mass is 19.1. The van der Waals surface area contributed by atoms with Crippen LogP contribution in [0.2, 0.25) is 0 Å². The summed E-state index contributed by atoms with van der Waals surface area (Å²) in [6.45, 7) is 4.79. The Morgan fingerprint density at radius 1 is 0.955 bits per heavy atom. The van der Waals surface area contributed by atoms with Crippen LogP contribution in [0.4, 0.5) is 14.6 Å². The number of pyridine rings is 1. The van der Waals surface area contributed by atoms with E-state index in [1.54, 1.807) is 12.1 Å². The average molecular weight is 604 g/mol. The summed E-state index contributed by atoms with van der Waals surface area (Å²) in [5.41, 5.74) is 3.78. The molecular weight excluding hydrogens is 564 g/mol. The molecule has 1 saturated carbocycles. The Morgan fingerprint density at radius 2 is 1.70 bits per heavy atom. The van der Waals surface area contributed by atoms with Crippen LogP contribution in [0.3, 0.4) is 0 Å². The number of ether oxygens (including phenoxy) is 1. The van der Waals surface area contributed by atoms with Crippen LogP contribution in [0, 0.1) is 30.4 Å². The molecule has 9 heteroatoms. The molecule has 7 nitrogen and oxygen atoms in total. The van der Waals surface area contributed by atoms with E-state index < -0.39 is 17.6 Å². The van der Waals surface area contributed by atoms with E-state index in [2.05, 4.69) is 17.1 Å².